The van der Waals surface area contributed by atoms with Gasteiger partial charge in [0, 0.05) is 25.3 Å². The fourth-order valence-electron chi connectivity index (χ4n) is 3.88. The highest BCUT2D eigenvalue weighted by atomic mass is 35.5. The summed E-state index contributed by atoms with van der Waals surface area (Å²) in [5, 5.41) is 11.5. The molecule has 2 amide bonds. The van der Waals surface area contributed by atoms with Crippen LogP contribution in [-0.4, -0.2) is 46.4 Å². The number of nitrogens with zero attached hydrogens (tertiary/aromatic N) is 3. The summed E-state index contributed by atoms with van der Waals surface area (Å²) in [7, 11) is 1.27. The van der Waals surface area contributed by atoms with Gasteiger partial charge in [0.25, 0.3) is 5.91 Å². The minimum Gasteiger partial charge on any atom is -0.450 e. The van der Waals surface area contributed by atoms with Gasteiger partial charge in [-0.2, -0.15) is 18.3 Å². The molecule has 0 bridgehead atoms. The van der Waals surface area contributed by atoms with Crippen LogP contribution in [0.4, 0.5) is 22.4 Å². The second-order valence-electron chi connectivity index (χ2n) is 8.49. The van der Waals surface area contributed by atoms with Gasteiger partial charge in [0.05, 0.1) is 23.7 Å². The zero-order chi connectivity index (χ0) is 27.2. The monoisotopic (exact) mass is 546 g/mol. The number of aryl methyl sites for hydroxylation is 1. The van der Waals surface area contributed by atoms with Gasteiger partial charge >= 0.3 is 12.3 Å². The van der Waals surface area contributed by atoms with Crippen molar-refractivity contribution in [2.45, 2.75) is 57.4 Å². The summed E-state index contributed by atoms with van der Waals surface area (Å²) in [4.78, 5) is 28.7. The lowest BCUT2D eigenvalue weighted by molar-refractivity contribution is -0.141. The van der Waals surface area contributed by atoms with Crippen LogP contribution >= 0.6 is 11.6 Å². The first-order chi connectivity index (χ1) is 17.5. The molecular formula is C23H27ClF4N6O3. The zero-order valence-electron chi connectivity index (χ0n) is 20.2. The van der Waals surface area contributed by atoms with E-state index < -0.39 is 35.3 Å². The van der Waals surface area contributed by atoms with Gasteiger partial charge in [-0.25, -0.2) is 14.2 Å². The molecule has 1 aromatic heterocycles. The van der Waals surface area contributed by atoms with Crippen LogP contribution in [0.5, 0.6) is 0 Å². The standard InChI is InChI=1S/C23H27ClF4N6O3/c1-3-37-22(36)31-15-7-5-14(6-8-15)30-21(29-11-13-4-9-17(24)18(25)10-13)32-20(35)16-12-34(2)33-19(16)23(26,27)28/h4,9-10,12,14-15H,3,5-8,11H2,1-2H3,(H,31,36)(H2,29,30,32,35). The molecule has 1 aromatic carbocycles. The first kappa shape index (κ1) is 28.2. The number of halogens is 5. The molecule has 202 valence electrons. The maximum atomic E-state index is 13.8. The number of benzene rings is 1. The molecule has 2 aromatic rings. The number of aromatic nitrogens is 2. The Hall–Kier alpha value is -3.35. The molecule has 37 heavy (non-hydrogen) atoms. The number of carbonyl (C=O) groups excluding carboxylic acids is 2. The van der Waals surface area contributed by atoms with Crippen molar-refractivity contribution in [3.8, 4) is 0 Å². The summed E-state index contributed by atoms with van der Waals surface area (Å²) in [6, 6.07) is 3.81. The predicted molar refractivity (Wildman–Crippen MR) is 128 cm³/mol. The lowest BCUT2D eigenvalue weighted by atomic mass is 9.91. The smallest absolute Gasteiger partial charge is 0.435 e. The van der Waals surface area contributed by atoms with Crippen molar-refractivity contribution in [1.82, 2.24) is 25.7 Å². The van der Waals surface area contributed by atoms with E-state index in [0.29, 0.717) is 31.2 Å². The molecule has 3 N–H and O–H groups in total. The lowest BCUT2D eigenvalue weighted by Crippen LogP contribution is -2.49. The van der Waals surface area contributed by atoms with Gasteiger partial charge < -0.3 is 15.4 Å². The second-order valence-corrected chi connectivity index (χ2v) is 8.90. The second kappa shape index (κ2) is 12.3. The number of carbonyl (C=O) groups is 2. The number of guanidine groups is 1. The molecule has 1 heterocycles. The molecule has 9 nitrogen and oxygen atoms in total. The fraction of sp³-hybridized carbons (Fsp3) is 0.478. The number of aliphatic imine (C=N–C) groups is 1. The molecule has 1 aliphatic rings. The van der Waals surface area contributed by atoms with Crippen LogP contribution in [-0.2, 0) is 24.5 Å². The average molecular weight is 547 g/mol. The maximum Gasteiger partial charge on any atom is 0.435 e. The highest BCUT2D eigenvalue weighted by molar-refractivity contribution is 6.30. The third-order valence-electron chi connectivity index (χ3n) is 5.64. The van der Waals surface area contributed by atoms with E-state index in [1.54, 1.807) is 13.0 Å². The Labute approximate surface area is 215 Å². The molecule has 3 rings (SSSR count). The summed E-state index contributed by atoms with van der Waals surface area (Å²) < 4.78 is 59.7. The first-order valence-electron chi connectivity index (χ1n) is 11.6. The molecule has 0 spiro atoms. The predicted octanol–water partition coefficient (Wildman–Crippen LogP) is 4.16. The van der Waals surface area contributed by atoms with Gasteiger partial charge in [-0.1, -0.05) is 17.7 Å². The summed E-state index contributed by atoms with van der Waals surface area (Å²) in [5.74, 6) is -1.77. The van der Waals surface area contributed by atoms with E-state index in [0.717, 1.165) is 10.9 Å². The van der Waals surface area contributed by atoms with Crippen LogP contribution in [0.1, 0.15) is 54.2 Å². The van der Waals surface area contributed by atoms with Crippen molar-refractivity contribution >= 4 is 29.6 Å². The van der Waals surface area contributed by atoms with E-state index in [1.807, 2.05) is 0 Å². The van der Waals surface area contributed by atoms with E-state index in [2.05, 4.69) is 26.0 Å². The van der Waals surface area contributed by atoms with Gasteiger partial charge in [-0.05, 0) is 50.3 Å². The van der Waals surface area contributed by atoms with E-state index in [-0.39, 0.29) is 36.2 Å². The van der Waals surface area contributed by atoms with Gasteiger partial charge in [0.15, 0.2) is 11.7 Å². The molecule has 1 aliphatic carbocycles. The Morgan fingerprint density at radius 3 is 2.43 bits per heavy atom. The molecule has 0 radical (unpaired) electrons. The number of nitrogens with one attached hydrogen (secondary N) is 3. The largest absolute Gasteiger partial charge is 0.450 e. The average Bonchev–Trinajstić information content (AvgIpc) is 3.23. The highest BCUT2D eigenvalue weighted by Gasteiger charge is 2.39. The maximum absolute atomic E-state index is 13.8. The molecule has 0 saturated heterocycles. The highest BCUT2D eigenvalue weighted by Crippen LogP contribution is 2.30. The number of rotatable bonds is 6. The Bertz CT molecular complexity index is 1150. The first-order valence-corrected chi connectivity index (χ1v) is 11.9. The van der Waals surface area contributed by atoms with E-state index in [1.165, 1.54) is 19.2 Å². The molecule has 14 heteroatoms. The molecule has 1 saturated carbocycles. The topological polar surface area (TPSA) is 110 Å². The Balaban J connectivity index is 1.74. The third-order valence-corrected chi connectivity index (χ3v) is 5.95. The van der Waals surface area contributed by atoms with Crippen LogP contribution < -0.4 is 16.0 Å². The fourth-order valence-corrected chi connectivity index (χ4v) is 4.00. The van der Waals surface area contributed by atoms with E-state index in [4.69, 9.17) is 16.3 Å². The third kappa shape index (κ3) is 8.07. The Morgan fingerprint density at radius 1 is 1.19 bits per heavy atom. The number of alkyl carbamates (subject to hydrolysis) is 1. The van der Waals surface area contributed by atoms with Gasteiger partial charge in [-0.3, -0.25) is 14.8 Å². The van der Waals surface area contributed by atoms with Crippen LogP contribution in [0.2, 0.25) is 5.02 Å². The van der Waals surface area contributed by atoms with Gasteiger partial charge in [-0.15, -0.1) is 0 Å². The van der Waals surface area contributed by atoms with Crippen molar-refractivity contribution in [3.63, 3.8) is 0 Å². The number of hydrogen-bond donors (Lipinski definition) is 3. The van der Waals surface area contributed by atoms with Gasteiger partial charge in [0.2, 0.25) is 0 Å². The summed E-state index contributed by atoms with van der Waals surface area (Å²) in [6.45, 7) is 1.89. The minimum atomic E-state index is -4.83. The lowest BCUT2D eigenvalue weighted by Gasteiger charge is -2.30. The number of hydrogen-bond acceptors (Lipinski definition) is 5. The molecule has 0 aliphatic heterocycles. The Morgan fingerprint density at radius 2 is 1.84 bits per heavy atom. The summed E-state index contributed by atoms with van der Waals surface area (Å²) in [5.41, 5.74) is -1.54. The number of amides is 2. The molecular weight excluding hydrogens is 520 g/mol. The van der Waals surface area contributed by atoms with Crippen molar-refractivity contribution in [2.24, 2.45) is 12.0 Å². The number of alkyl halides is 3. The van der Waals surface area contributed by atoms with Crippen LogP contribution in [0, 0.1) is 5.82 Å². The van der Waals surface area contributed by atoms with Crippen LogP contribution in [0.3, 0.4) is 0 Å². The van der Waals surface area contributed by atoms with Crippen molar-refractivity contribution in [3.05, 3.63) is 52.1 Å². The van der Waals surface area contributed by atoms with E-state index >= 15 is 0 Å². The molecule has 0 atom stereocenters. The van der Waals surface area contributed by atoms with Crippen molar-refractivity contribution in [2.75, 3.05) is 6.61 Å². The quantitative estimate of drug-likeness (QED) is 0.286. The van der Waals surface area contributed by atoms with Gasteiger partial charge in [0.1, 0.15) is 5.82 Å². The number of ether oxygens (including phenoxy) is 1. The minimum absolute atomic E-state index is 0.0659. The van der Waals surface area contributed by atoms with Crippen molar-refractivity contribution < 1.29 is 31.9 Å². The normalized spacial score (nSPS) is 18.3. The Kier molecular flexibility index (Phi) is 9.35. The molecule has 0 unspecified atom stereocenters. The van der Waals surface area contributed by atoms with E-state index in [9.17, 15) is 27.2 Å². The zero-order valence-corrected chi connectivity index (χ0v) is 20.9. The summed E-state index contributed by atoms with van der Waals surface area (Å²) in [6.07, 6.45) is -1.97. The van der Waals surface area contributed by atoms with Crippen molar-refractivity contribution in [1.29, 1.82) is 0 Å². The van der Waals surface area contributed by atoms with Crippen LogP contribution in [0.15, 0.2) is 29.4 Å². The summed E-state index contributed by atoms with van der Waals surface area (Å²) >= 11 is 5.71. The molecule has 1 fully saturated rings. The SMILES string of the molecule is CCOC(=O)NC1CCC(NC(=NCc2ccc(Cl)c(F)c2)NC(=O)c2cn(C)nc2C(F)(F)F)CC1. The van der Waals surface area contributed by atoms with Crippen LogP contribution in [0.25, 0.3) is 0 Å².